The van der Waals surface area contributed by atoms with E-state index in [9.17, 15) is 8.42 Å². The second-order valence-electron chi connectivity index (χ2n) is 0.922. The summed E-state index contributed by atoms with van der Waals surface area (Å²) in [6.45, 7) is 10.1. The summed E-state index contributed by atoms with van der Waals surface area (Å²) in [5, 5.41) is 1.69. The van der Waals surface area contributed by atoms with Gasteiger partial charge in [-0.2, -0.15) is 0 Å². The molecule has 0 atom stereocenters. The van der Waals surface area contributed by atoms with Crippen LogP contribution in [0.4, 0.5) is 0 Å². The summed E-state index contributed by atoms with van der Waals surface area (Å²) in [6.07, 6.45) is 0. The summed E-state index contributed by atoms with van der Waals surface area (Å²) in [5.41, 5.74) is 0. The van der Waals surface area contributed by atoms with E-state index in [0.717, 1.165) is 10.8 Å². The highest BCUT2D eigenvalue weighted by molar-refractivity contribution is 7.97. The number of hydrogen-bond donors (Lipinski definition) is 0. The minimum Gasteiger partial charge on any atom is -0.220 e. The van der Waals surface area contributed by atoms with Gasteiger partial charge in [-0.3, -0.25) is 0 Å². The minimum absolute atomic E-state index is 0.847. The van der Waals surface area contributed by atoms with Gasteiger partial charge in [0.15, 0.2) is 9.84 Å². The molecule has 3 heteroatoms. The molecule has 0 saturated carbocycles. The van der Waals surface area contributed by atoms with Crippen molar-refractivity contribution in [3.63, 3.8) is 0 Å². The van der Waals surface area contributed by atoms with E-state index in [-0.39, 0.29) is 0 Å². The fourth-order valence-electron chi connectivity index (χ4n) is 0.0680. The molecule has 0 spiro atoms. The molecule has 0 aromatic rings. The molecule has 0 aliphatic rings. The number of rotatable bonds is 2. The third-order valence-electron chi connectivity index (χ3n) is 0.465. The van der Waals surface area contributed by atoms with E-state index in [1.165, 1.54) is 0 Å². The molecular weight excluding hydrogens is 136 g/mol. The smallest absolute Gasteiger partial charge is 0.191 e. The van der Waals surface area contributed by atoms with Gasteiger partial charge in [-0.25, -0.2) is 8.42 Å². The van der Waals surface area contributed by atoms with Gasteiger partial charge < -0.3 is 0 Å². The second-order valence-corrected chi connectivity index (χ2v) is 2.77. The molecule has 0 aliphatic carbocycles. The third-order valence-corrected chi connectivity index (χ3v) is 1.39. The van der Waals surface area contributed by atoms with Gasteiger partial charge in [-0.05, 0) is 0 Å². The highest BCUT2D eigenvalue weighted by Crippen LogP contribution is 1.87. The first-order valence-electron chi connectivity index (χ1n) is 2.62. The van der Waals surface area contributed by atoms with Crippen molar-refractivity contribution in [2.45, 2.75) is 13.8 Å². The molecule has 0 heterocycles. The molecule has 0 rings (SSSR count). The Kier molecular flexibility index (Phi) is 6.96. The third kappa shape index (κ3) is 7.43. The van der Waals surface area contributed by atoms with E-state index in [2.05, 4.69) is 13.2 Å². The van der Waals surface area contributed by atoms with Crippen LogP contribution in [0.5, 0.6) is 0 Å². The molecule has 0 aromatic heterocycles. The number of hydrogen-bond acceptors (Lipinski definition) is 2. The molecule has 2 nitrogen and oxygen atoms in total. The van der Waals surface area contributed by atoms with Crippen LogP contribution in [-0.4, -0.2) is 8.42 Å². The lowest BCUT2D eigenvalue weighted by Gasteiger charge is -1.78. The predicted molar refractivity (Wildman–Crippen MR) is 40.7 cm³/mol. The van der Waals surface area contributed by atoms with E-state index in [1.54, 1.807) is 0 Å². The monoisotopic (exact) mass is 148 g/mol. The van der Waals surface area contributed by atoms with Crippen molar-refractivity contribution in [3.05, 3.63) is 24.0 Å². The average molecular weight is 148 g/mol. The van der Waals surface area contributed by atoms with Gasteiger partial charge in [0, 0.05) is 10.8 Å². The van der Waals surface area contributed by atoms with Gasteiger partial charge in [-0.15, -0.1) is 0 Å². The molecule has 54 valence electrons. The summed E-state index contributed by atoms with van der Waals surface area (Å²) in [6, 6.07) is 0. The lowest BCUT2D eigenvalue weighted by Crippen LogP contribution is -1.83. The Morgan fingerprint density at radius 1 is 1.11 bits per heavy atom. The molecule has 9 heavy (non-hydrogen) atoms. The van der Waals surface area contributed by atoms with Crippen molar-refractivity contribution in [3.8, 4) is 0 Å². The second kappa shape index (κ2) is 5.56. The molecule has 0 fully saturated rings. The van der Waals surface area contributed by atoms with E-state index in [0.29, 0.717) is 0 Å². The van der Waals surface area contributed by atoms with Crippen LogP contribution in [0.1, 0.15) is 13.8 Å². The highest BCUT2D eigenvalue weighted by atomic mass is 32.2. The van der Waals surface area contributed by atoms with Crippen LogP contribution >= 0.6 is 0 Å². The fourth-order valence-corrected chi connectivity index (χ4v) is 0.204. The van der Waals surface area contributed by atoms with Gasteiger partial charge in [0.05, 0.1) is 0 Å². The molecule has 0 radical (unpaired) electrons. The van der Waals surface area contributed by atoms with Crippen LogP contribution in [0, 0.1) is 0 Å². The van der Waals surface area contributed by atoms with E-state index in [4.69, 9.17) is 0 Å². The summed E-state index contributed by atoms with van der Waals surface area (Å²) < 4.78 is 20.3. The number of sulfone groups is 1. The Bertz CT molecular complexity index is 151. The molecule has 0 aliphatic heterocycles. The van der Waals surface area contributed by atoms with Crippen LogP contribution in [0.3, 0.4) is 0 Å². The molecule has 0 bridgehead atoms. The van der Waals surface area contributed by atoms with Gasteiger partial charge in [0.2, 0.25) is 0 Å². The van der Waals surface area contributed by atoms with Crippen molar-refractivity contribution in [1.82, 2.24) is 0 Å². The largest absolute Gasteiger partial charge is 0.220 e. The summed E-state index contributed by atoms with van der Waals surface area (Å²) >= 11 is 0. The van der Waals surface area contributed by atoms with Crippen molar-refractivity contribution < 1.29 is 8.42 Å². The van der Waals surface area contributed by atoms with Crippen LogP contribution in [-0.2, 0) is 9.84 Å². The maximum Gasteiger partial charge on any atom is 0.191 e. The minimum atomic E-state index is -3.13. The maximum absolute atomic E-state index is 10.1. The highest BCUT2D eigenvalue weighted by Gasteiger charge is 1.90. The summed E-state index contributed by atoms with van der Waals surface area (Å²) in [7, 11) is -3.13. The van der Waals surface area contributed by atoms with Crippen LogP contribution in [0.2, 0.25) is 0 Å². The topological polar surface area (TPSA) is 34.1 Å². The fraction of sp³-hybridized carbons (Fsp3) is 0.333. The standard InChI is InChI=1S/C4H6O2S.C2H6/c1-3-7(5,6)4-2;1-2/h3-4H,1-2H2;1-2H3. The van der Waals surface area contributed by atoms with E-state index in [1.807, 2.05) is 13.8 Å². The lowest BCUT2D eigenvalue weighted by molar-refractivity contribution is 0.613. The molecule has 0 amide bonds. The normalized spacial score (nSPS) is 8.67. The van der Waals surface area contributed by atoms with E-state index >= 15 is 0 Å². The van der Waals surface area contributed by atoms with Crippen molar-refractivity contribution in [2.75, 3.05) is 0 Å². The molecule has 0 aromatic carbocycles. The van der Waals surface area contributed by atoms with Crippen LogP contribution < -0.4 is 0 Å². The first-order chi connectivity index (χ1) is 4.12. The zero-order valence-electron chi connectivity index (χ0n) is 5.79. The first-order valence-corrected chi connectivity index (χ1v) is 4.23. The average Bonchev–Trinajstić information content (AvgIpc) is 1.93. The van der Waals surface area contributed by atoms with Crippen molar-refractivity contribution in [1.29, 1.82) is 0 Å². The Labute approximate surface area is 56.8 Å². The summed E-state index contributed by atoms with van der Waals surface area (Å²) in [5.74, 6) is 0. The Hall–Kier alpha value is -0.570. The van der Waals surface area contributed by atoms with Crippen LogP contribution in [0.25, 0.3) is 0 Å². The predicted octanol–water partition coefficient (Wildman–Crippen LogP) is 1.71. The zero-order chi connectivity index (χ0) is 7.91. The quantitative estimate of drug-likeness (QED) is 0.597. The summed E-state index contributed by atoms with van der Waals surface area (Å²) in [4.78, 5) is 0. The molecule has 0 unspecified atom stereocenters. The Morgan fingerprint density at radius 2 is 1.33 bits per heavy atom. The van der Waals surface area contributed by atoms with Crippen molar-refractivity contribution >= 4 is 9.84 Å². The Balaban J connectivity index is 0. The SMILES string of the molecule is C=CS(=O)(=O)C=C.CC. The lowest BCUT2D eigenvalue weighted by atomic mass is 11.0. The van der Waals surface area contributed by atoms with Gasteiger partial charge in [0.1, 0.15) is 0 Å². The first kappa shape index (κ1) is 11.3. The van der Waals surface area contributed by atoms with Gasteiger partial charge >= 0.3 is 0 Å². The molecule has 0 saturated heterocycles. The zero-order valence-corrected chi connectivity index (χ0v) is 6.61. The molecule has 0 N–H and O–H groups in total. The van der Waals surface area contributed by atoms with Crippen LogP contribution in [0.15, 0.2) is 24.0 Å². The van der Waals surface area contributed by atoms with Gasteiger partial charge in [0.25, 0.3) is 0 Å². The van der Waals surface area contributed by atoms with Gasteiger partial charge in [-0.1, -0.05) is 27.0 Å². The molecular formula is C6H12O2S. The van der Waals surface area contributed by atoms with Crippen molar-refractivity contribution in [2.24, 2.45) is 0 Å². The van der Waals surface area contributed by atoms with E-state index < -0.39 is 9.84 Å². The maximum atomic E-state index is 10.1. The Morgan fingerprint density at radius 3 is 1.33 bits per heavy atom.